The van der Waals surface area contributed by atoms with E-state index in [4.69, 9.17) is 39.0 Å². The molecule has 0 saturated carbocycles. The molecule has 224 valence electrons. The van der Waals surface area contributed by atoms with Crippen molar-refractivity contribution in [3.8, 4) is 0 Å². The molecule has 0 aliphatic carbocycles. The zero-order valence-electron chi connectivity index (χ0n) is 21.2. The van der Waals surface area contributed by atoms with E-state index in [1.165, 1.54) is 34.4 Å². The summed E-state index contributed by atoms with van der Waals surface area (Å²) < 4.78 is 77.9. The van der Waals surface area contributed by atoms with Crippen LogP contribution in [0, 0.1) is 0 Å². The molecule has 0 amide bonds. The van der Waals surface area contributed by atoms with E-state index in [2.05, 4.69) is 29.9 Å². The van der Waals surface area contributed by atoms with Gasteiger partial charge in [-0.1, -0.05) is 0 Å². The average molecular weight is 628 g/mol. The number of aromatic nitrogens is 8. The first-order chi connectivity index (χ1) is 20.3. The number of aliphatic hydroxyl groups is 1. The Morgan fingerprint density at radius 3 is 1.93 bits per heavy atom. The summed E-state index contributed by atoms with van der Waals surface area (Å²) in [6.45, 7) is -0.935. The topological polar surface area (TPSA) is 249 Å². The number of ether oxygens (including phenoxy) is 2. The van der Waals surface area contributed by atoms with Crippen molar-refractivity contribution in [3.63, 3.8) is 0 Å². The monoisotopic (exact) mass is 628 g/mol. The van der Waals surface area contributed by atoms with Crippen LogP contribution in [-0.2, 0) is 36.7 Å². The van der Waals surface area contributed by atoms with Gasteiger partial charge in [-0.3, -0.25) is 22.8 Å². The number of hydrogen-bond donors (Lipinski definition) is 3. The predicted molar refractivity (Wildman–Crippen MR) is 138 cm³/mol. The maximum absolute atomic E-state index is 15.8. The normalized spacial score (nSPS) is 36.0. The van der Waals surface area contributed by atoms with Crippen molar-refractivity contribution in [2.45, 2.75) is 49.1 Å². The molecule has 3 aliphatic heterocycles. The number of fused-ring (bicyclic) bond motifs is 5. The molecular weight excluding hydrogens is 605 g/mol. The highest BCUT2D eigenvalue weighted by molar-refractivity contribution is 7.33. The van der Waals surface area contributed by atoms with E-state index in [1.807, 2.05) is 0 Å². The standard InChI is InChI=1S/C20H23FN10O9P2/c21-9-13-8(38-19(9)30-5-28-10-15(22)24-3-26-17(10)30)2-36-42(34)40-14-12(32)7(1-35-41(33)39-13)37-20(14)31-6-29-11-16(23)25-4-27-18(11)31/h3-9,12-14,19-20,32,41-42H,1-2H2,(H2,22,24,26)(H2,23,25,27)/t7-,8-,9-,12-,13-,14-,19-,20-/m1/s1. The Balaban J connectivity index is 1.15. The maximum atomic E-state index is 15.8. The molecule has 4 aromatic heterocycles. The number of imidazole rings is 2. The van der Waals surface area contributed by atoms with Crippen LogP contribution in [0.3, 0.4) is 0 Å². The van der Waals surface area contributed by atoms with Gasteiger partial charge in [-0.15, -0.1) is 0 Å². The smallest absolute Gasteiger partial charge is 0.319 e. The number of halogens is 1. The number of rotatable bonds is 2. The Bertz CT molecular complexity index is 1690. The summed E-state index contributed by atoms with van der Waals surface area (Å²) in [5.74, 6) is 0.195. The molecule has 5 N–H and O–H groups in total. The SMILES string of the molecule is Nc1ncnc2c1ncn2[C@@H]1O[C@@H]2CO[PH](=O)O[C@@H]3[C@H](O)[C@@H](CO[PH](=O)O[C@H]2[C@H]1F)O[C@H]3n1cnc2c(N)ncnc21. The van der Waals surface area contributed by atoms with Crippen molar-refractivity contribution >= 4 is 50.5 Å². The number of aliphatic hydroxyl groups excluding tert-OH is 1. The van der Waals surface area contributed by atoms with Crippen LogP contribution in [-0.4, -0.2) is 94.0 Å². The second-order valence-electron chi connectivity index (χ2n) is 9.52. The van der Waals surface area contributed by atoms with Crippen LogP contribution in [0.5, 0.6) is 0 Å². The molecule has 7 rings (SSSR count). The van der Waals surface area contributed by atoms with Crippen LogP contribution in [0.15, 0.2) is 25.3 Å². The van der Waals surface area contributed by atoms with Crippen molar-refractivity contribution in [1.29, 1.82) is 0 Å². The summed E-state index contributed by atoms with van der Waals surface area (Å²) in [6.07, 6.45) is -5.84. The van der Waals surface area contributed by atoms with Gasteiger partial charge in [0.1, 0.15) is 54.2 Å². The van der Waals surface area contributed by atoms with Gasteiger partial charge in [0.15, 0.2) is 41.6 Å². The number of nitrogens with zero attached hydrogens (tertiary/aromatic N) is 8. The van der Waals surface area contributed by atoms with Crippen molar-refractivity contribution in [2.24, 2.45) is 0 Å². The van der Waals surface area contributed by atoms with Crippen molar-refractivity contribution in [2.75, 3.05) is 24.7 Å². The summed E-state index contributed by atoms with van der Waals surface area (Å²) in [5, 5.41) is 11.0. The summed E-state index contributed by atoms with van der Waals surface area (Å²) in [5.41, 5.74) is 12.7. The van der Waals surface area contributed by atoms with E-state index in [1.54, 1.807) is 0 Å². The highest BCUT2D eigenvalue weighted by atomic mass is 31.1. The third-order valence-corrected chi connectivity index (χ3v) is 8.83. The quantitative estimate of drug-likeness (QED) is 0.246. The van der Waals surface area contributed by atoms with Crippen LogP contribution < -0.4 is 11.5 Å². The first-order valence-electron chi connectivity index (χ1n) is 12.5. The lowest BCUT2D eigenvalue weighted by Crippen LogP contribution is -2.34. The Labute approximate surface area is 235 Å². The number of alkyl halides is 1. The van der Waals surface area contributed by atoms with Gasteiger partial charge >= 0.3 is 16.5 Å². The van der Waals surface area contributed by atoms with E-state index >= 15 is 4.39 Å². The molecular formula is C20H23FN10O9P2. The van der Waals surface area contributed by atoms with Gasteiger partial charge in [0.2, 0.25) is 0 Å². The molecule has 7 heterocycles. The zero-order chi connectivity index (χ0) is 29.1. The van der Waals surface area contributed by atoms with Gasteiger partial charge in [0, 0.05) is 0 Å². The number of anilines is 2. The number of hydrogen-bond acceptors (Lipinski definition) is 17. The molecule has 0 spiro atoms. The molecule has 0 aromatic carbocycles. The van der Waals surface area contributed by atoms with E-state index in [9.17, 15) is 14.2 Å². The predicted octanol–water partition coefficient (Wildman–Crippen LogP) is -0.0790. The highest BCUT2D eigenvalue weighted by Crippen LogP contribution is 2.45. The molecule has 2 bridgehead atoms. The van der Waals surface area contributed by atoms with Gasteiger partial charge in [-0.25, -0.2) is 34.3 Å². The molecule has 4 aromatic rings. The molecule has 3 saturated heterocycles. The lowest BCUT2D eigenvalue weighted by molar-refractivity contribution is -0.0558. The summed E-state index contributed by atoms with van der Waals surface area (Å²) in [4.78, 5) is 24.3. The van der Waals surface area contributed by atoms with Crippen LogP contribution in [0.1, 0.15) is 12.5 Å². The Morgan fingerprint density at radius 1 is 0.786 bits per heavy atom. The third kappa shape index (κ3) is 4.64. The number of nitrogen functional groups attached to an aromatic ring is 2. The molecule has 42 heavy (non-hydrogen) atoms. The second kappa shape index (κ2) is 10.8. The third-order valence-electron chi connectivity index (χ3n) is 7.10. The van der Waals surface area contributed by atoms with E-state index in [0.717, 1.165) is 0 Å². The Hall–Kier alpha value is -3.19. The maximum Gasteiger partial charge on any atom is 0.319 e. The molecule has 19 nitrogen and oxygen atoms in total. The van der Waals surface area contributed by atoms with Crippen molar-refractivity contribution in [1.82, 2.24) is 39.0 Å². The van der Waals surface area contributed by atoms with Crippen LogP contribution >= 0.6 is 16.5 Å². The molecule has 0 radical (unpaired) electrons. The highest BCUT2D eigenvalue weighted by Gasteiger charge is 2.51. The summed E-state index contributed by atoms with van der Waals surface area (Å²) >= 11 is 0. The number of nitrogens with two attached hydrogens (primary N) is 2. The first kappa shape index (κ1) is 27.6. The molecule has 3 aliphatic rings. The first-order valence-corrected chi connectivity index (χ1v) is 14.9. The minimum Gasteiger partial charge on any atom is -0.387 e. The van der Waals surface area contributed by atoms with Gasteiger partial charge in [-0.05, 0) is 0 Å². The Morgan fingerprint density at radius 2 is 1.31 bits per heavy atom. The van der Waals surface area contributed by atoms with E-state index in [-0.39, 0.29) is 34.0 Å². The fourth-order valence-corrected chi connectivity index (χ4v) is 6.82. The van der Waals surface area contributed by atoms with Gasteiger partial charge < -0.3 is 39.6 Å². The van der Waals surface area contributed by atoms with Crippen molar-refractivity contribution < 1.29 is 46.2 Å². The van der Waals surface area contributed by atoms with Crippen LogP contribution in [0.4, 0.5) is 16.0 Å². The lowest BCUT2D eigenvalue weighted by atomic mass is 10.1. The minimum absolute atomic E-state index is 0.0837. The molecule has 3 fully saturated rings. The molecule has 10 atom stereocenters. The van der Waals surface area contributed by atoms with Gasteiger partial charge in [-0.2, -0.15) is 0 Å². The van der Waals surface area contributed by atoms with E-state index in [0.29, 0.717) is 0 Å². The zero-order valence-corrected chi connectivity index (χ0v) is 23.2. The fourth-order valence-electron chi connectivity index (χ4n) is 5.10. The molecule has 22 heteroatoms. The second-order valence-corrected chi connectivity index (χ2v) is 11.6. The summed E-state index contributed by atoms with van der Waals surface area (Å²) in [6, 6.07) is 0. The minimum atomic E-state index is -3.38. The van der Waals surface area contributed by atoms with Gasteiger partial charge in [0.25, 0.3) is 0 Å². The van der Waals surface area contributed by atoms with Crippen molar-refractivity contribution in [3.05, 3.63) is 25.3 Å². The fraction of sp³-hybridized carbons (Fsp3) is 0.500. The molecule has 2 unspecified atom stereocenters. The largest absolute Gasteiger partial charge is 0.387 e. The summed E-state index contributed by atoms with van der Waals surface area (Å²) in [7, 11) is -6.75. The lowest BCUT2D eigenvalue weighted by Gasteiger charge is -2.22. The van der Waals surface area contributed by atoms with Gasteiger partial charge in [0.05, 0.1) is 25.9 Å². The van der Waals surface area contributed by atoms with Crippen LogP contribution in [0.2, 0.25) is 0 Å². The van der Waals surface area contributed by atoms with E-state index < -0.39 is 78.9 Å². The average Bonchev–Trinajstić information content (AvgIpc) is 3.73. The van der Waals surface area contributed by atoms with Crippen LogP contribution in [0.25, 0.3) is 22.3 Å². The Kier molecular flexibility index (Phi) is 7.12.